The van der Waals surface area contributed by atoms with Gasteiger partial charge in [0.1, 0.15) is 24.0 Å². The van der Waals surface area contributed by atoms with Crippen LogP contribution in [0, 0.1) is 10.1 Å². The molecule has 0 amide bonds. The molecule has 7 heteroatoms. The number of nitro groups is 1. The molecule has 0 radical (unpaired) electrons. The van der Waals surface area contributed by atoms with Gasteiger partial charge in [-0.2, -0.15) is 0 Å². The molecule has 29 heavy (non-hydrogen) atoms. The summed E-state index contributed by atoms with van der Waals surface area (Å²) in [6.07, 6.45) is 0. The van der Waals surface area contributed by atoms with Crippen LogP contribution in [0.15, 0.2) is 83.9 Å². The number of non-ortho nitro benzene ring substituents is 1. The molecule has 0 saturated heterocycles. The summed E-state index contributed by atoms with van der Waals surface area (Å²) in [5, 5.41) is 33.0. The lowest BCUT2D eigenvalue weighted by molar-refractivity contribution is -0.384. The fraction of sp³-hybridized carbons (Fsp3) is 0.136. The molecule has 146 valence electrons. The van der Waals surface area contributed by atoms with Crippen molar-refractivity contribution >= 4 is 11.6 Å². The number of phenolic OH excluding ortho intramolecular Hbond substituents is 1. The van der Waals surface area contributed by atoms with Crippen molar-refractivity contribution < 1.29 is 19.9 Å². The minimum Gasteiger partial charge on any atom is -0.507 e. The van der Waals surface area contributed by atoms with E-state index in [0.717, 1.165) is 0 Å². The number of hydrogen-bond acceptors (Lipinski definition) is 6. The van der Waals surface area contributed by atoms with Crippen LogP contribution in [0.1, 0.15) is 16.7 Å². The van der Waals surface area contributed by atoms with Crippen LogP contribution in [0.3, 0.4) is 0 Å². The first kappa shape index (κ1) is 18.6. The Labute approximate surface area is 166 Å². The van der Waals surface area contributed by atoms with Crippen LogP contribution in [-0.4, -0.2) is 33.7 Å². The number of ether oxygens (including phenoxy) is 1. The summed E-state index contributed by atoms with van der Waals surface area (Å²) < 4.78 is 5.66. The Morgan fingerprint density at radius 3 is 2.14 bits per heavy atom. The van der Waals surface area contributed by atoms with Gasteiger partial charge in [-0.1, -0.05) is 60.7 Å². The number of benzene rings is 3. The van der Waals surface area contributed by atoms with Crippen molar-refractivity contribution in [2.75, 3.05) is 6.61 Å². The van der Waals surface area contributed by atoms with Gasteiger partial charge < -0.3 is 14.9 Å². The largest absolute Gasteiger partial charge is 0.507 e. The van der Waals surface area contributed by atoms with Gasteiger partial charge in [0, 0.05) is 12.1 Å². The van der Waals surface area contributed by atoms with Crippen LogP contribution in [0.2, 0.25) is 0 Å². The highest BCUT2D eigenvalue weighted by Crippen LogP contribution is 2.38. The minimum absolute atomic E-state index is 0.0533. The summed E-state index contributed by atoms with van der Waals surface area (Å²) in [6.45, 7) is 0.0533. The Kier molecular flexibility index (Phi) is 4.74. The van der Waals surface area contributed by atoms with Gasteiger partial charge in [-0.15, -0.1) is 0 Å². The molecule has 2 N–H and O–H groups in total. The Balaban J connectivity index is 1.80. The number of rotatable bonds is 5. The molecule has 1 aliphatic heterocycles. The number of aliphatic imine (C=N–C) groups is 1. The number of hydrogen-bond donors (Lipinski definition) is 2. The van der Waals surface area contributed by atoms with Crippen molar-refractivity contribution in [2.24, 2.45) is 4.99 Å². The molecule has 0 aromatic heterocycles. The van der Waals surface area contributed by atoms with Gasteiger partial charge >= 0.3 is 0 Å². The first-order valence-electron chi connectivity index (χ1n) is 9.02. The molecule has 0 unspecified atom stereocenters. The highest BCUT2D eigenvalue weighted by atomic mass is 16.6. The van der Waals surface area contributed by atoms with Crippen LogP contribution < -0.4 is 0 Å². The van der Waals surface area contributed by atoms with Crippen molar-refractivity contribution in [3.05, 3.63) is 106 Å². The average Bonchev–Trinajstić information content (AvgIpc) is 3.25. The average molecular weight is 390 g/mol. The van der Waals surface area contributed by atoms with E-state index in [9.17, 15) is 20.3 Å². The van der Waals surface area contributed by atoms with E-state index in [0.29, 0.717) is 11.1 Å². The standard InChI is InChI=1S/C22H18N2O5/c25-19-12-11-17(24(27)28)13-18(19)21-23-20(14-29-21)22(26,15-7-3-1-4-8-15)16-9-5-2-6-10-16/h1-13,20,25-26H,14H2/t20-/m0/s1. The van der Waals surface area contributed by atoms with Crippen molar-refractivity contribution in [2.45, 2.75) is 11.6 Å². The molecule has 7 nitrogen and oxygen atoms in total. The maximum Gasteiger partial charge on any atom is 0.270 e. The smallest absolute Gasteiger partial charge is 0.270 e. The summed E-state index contributed by atoms with van der Waals surface area (Å²) in [5.41, 5.74) is -0.249. The Morgan fingerprint density at radius 2 is 1.59 bits per heavy atom. The lowest BCUT2D eigenvalue weighted by Gasteiger charge is -2.32. The van der Waals surface area contributed by atoms with E-state index in [2.05, 4.69) is 4.99 Å². The quantitative estimate of drug-likeness (QED) is 0.513. The second kappa shape index (κ2) is 7.37. The zero-order valence-corrected chi connectivity index (χ0v) is 15.3. The molecule has 0 fully saturated rings. The molecule has 0 aliphatic carbocycles. The predicted molar refractivity (Wildman–Crippen MR) is 107 cm³/mol. The monoisotopic (exact) mass is 390 g/mol. The predicted octanol–water partition coefficient (Wildman–Crippen LogP) is 3.38. The maximum absolute atomic E-state index is 11.8. The fourth-order valence-electron chi connectivity index (χ4n) is 3.48. The molecule has 0 bridgehead atoms. The van der Waals surface area contributed by atoms with Crippen molar-refractivity contribution in [1.29, 1.82) is 0 Å². The van der Waals surface area contributed by atoms with Crippen molar-refractivity contribution in [3.8, 4) is 5.75 Å². The van der Waals surface area contributed by atoms with Gasteiger partial charge in [0.2, 0.25) is 5.90 Å². The van der Waals surface area contributed by atoms with E-state index in [1.165, 1.54) is 18.2 Å². The van der Waals surface area contributed by atoms with Gasteiger partial charge in [0.05, 0.1) is 10.5 Å². The van der Waals surface area contributed by atoms with E-state index < -0.39 is 16.6 Å². The van der Waals surface area contributed by atoms with E-state index >= 15 is 0 Å². The zero-order chi connectivity index (χ0) is 20.4. The normalized spacial score (nSPS) is 16.2. The van der Waals surface area contributed by atoms with E-state index in [-0.39, 0.29) is 29.5 Å². The molecule has 3 aromatic rings. The third kappa shape index (κ3) is 3.32. The van der Waals surface area contributed by atoms with Gasteiger partial charge in [-0.05, 0) is 17.2 Å². The maximum atomic E-state index is 11.8. The van der Waals surface area contributed by atoms with Gasteiger partial charge in [0.25, 0.3) is 5.69 Å². The van der Waals surface area contributed by atoms with Gasteiger partial charge in [-0.25, -0.2) is 4.99 Å². The second-order valence-corrected chi connectivity index (χ2v) is 6.72. The summed E-state index contributed by atoms with van der Waals surface area (Å²) in [6, 6.07) is 21.2. The van der Waals surface area contributed by atoms with Crippen LogP contribution in [0.5, 0.6) is 5.75 Å². The Hall–Kier alpha value is -3.71. The highest BCUT2D eigenvalue weighted by molar-refractivity contribution is 5.98. The van der Waals surface area contributed by atoms with Crippen LogP contribution in [0.25, 0.3) is 0 Å². The number of phenols is 1. The Bertz CT molecular complexity index is 1030. The molecule has 4 rings (SSSR count). The number of nitrogens with zero attached hydrogens (tertiary/aromatic N) is 2. The first-order chi connectivity index (χ1) is 14.0. The number of aromatic hydroxyl groups is 1. The third-order valence-electron chi connectivity index (χ3n) is 4.98. The molecule has 1 heterocycles. The zero-order valence-electron chi connectivity index (χ0n) is 15.3. The number of aliphatic hydroxyl groups is 1. The molecular weight excluding hydrogens is 372 g/mol. The van der Waals surface area contributed by atoms with Crippen LogP contribution in [-0.2, 0) is 10.3 Å². The van der Waals surface area contributed by atoms with Crippen molar-refractivity contribution in [1.82, 2.24) is 0 Å². The summed E-state index contributed by atoms with van der Waals surface area (Å²) in [7, 11) is 0. The van der Waals surface area contributed by atoms with E-state index in [1.807, 2.05) is 60.7 Å². The molecule has 1 atom stereocenters. The lowest BCUT2D eigenvalue weighted by atomic mass is 9.81. The second-order valence-electron chi connectivity index (χ2n) is 6.72. The molecule has 0 spiro atoms. The molecule has 1 aliphatic rings. The summed E-state index contributed by atoms with van der Waals surface area (Å²) in [5.74, 6) is -0.126. The van der Waals surface area contributed by atoms with E-state index in [1.54, 1.807) is 0 Å². The fourth-order valence-corrected chi connectivity index (χ4v) is 3.48. The van der Waals surface area contributed by atoms with E-state index in [4.69, 9.17) is 4.74 Å². The van der Waals surface area contributed by atoms with Crippen LogP contribution >= 0.6 is 0 Å². The minimum atomic E-state index is -1.47. The van der Waals surface area contributed by atoms with Gasteiger partial charge in [0.15, 0.2) is 0 Å². The molecular formula is C22H18N2O5. The topological polar surface area (TPSA) is 105 Å². The SMILES string of the molecule is O=[N+]([O-])c1ccc(O)c(C2=N[C@H](C(O)(c3ccccc3)c3ccccc3)CO2)c1. The lowest BCUT2D eigenvalue weighted by Crippen LogP contribution is -2.40. The highest BCUT2D eigenvalue weighted by Gasteiger charge is 2.44. The molecule has 3 aromatic carbocycles. The summed E-state index contributed by atoms with van der Waals surface area (Å²) >= 11 is 0. The molecule has 0 saturated carbocycles. The number of nitro benzene ring substituents is 1. The van der Waals surface area contributed by atoms with Crippen LogP contribution in [0.4, 0.5) is 5.69 Å². The van der Waals surface area contributed by atoms with Crippen molar-refractivity contribution in [3.63, 3.8) is 0 Å². The third-order valence-corrected chi connectivity index (χ3v) is 4.98. The van der Waals surface area contributed by atoms with Gasteiger partial charge in [-0.3, -0.25) is 10.1 Å². The Morgan fingerprint density at radius 1 is 1.00 bits per heavy atom. The summed E-state index contributed by atoms with van der Waals surface area (Å²) in [4.78, 5) is 15.0. The first-order valence-corrected chi connectivity index (χ1v) is 9.02.